The van der Waals surface area contributed by atoms with Crippen molar-refractivity contribution in [1.82, 2.24) is 14.5 Å². The van der Waals surface area contributed by atoms with Crippen molar-refractivity contribution in [3.8, 4) is 11.3 Å². The molecule has 0 radical (unpaired) electrons. The number of imidazole rings is 1. The molecule has 0 aliphatic heterocycles. The van der Waals surface area contributed by atoms with Crippen LogP contribution in [0.1, 0.15) is 57.3 Å². The Hall–Kier alpha value is -1.84. The van der Waals surface area contributed by atoms with Crippen LogP contribution in [0.2, 0.25) is 0 Å². The second kappa shape index (κ2) is 5.27. The molecule has 2 heterocycles. The first-order chi connectivity index (χ1) is 9.68. The van der Waals surface area contributed by atoms with Crippen LogP contribution >= 0.6 is 0 Å². The van der Waals surface area contributed by atoms with Crippen molar-refractivity contribution in [2.75, 3.05) is 5.73 Å². The molecular weight excluding hydrogens is 248 g/mol. The monoisotopic (exact) mass is 270 g/mol. The molecule has 0 aromatic carbocycles. The molecule has 2 aromatic rings. The van der Waals surface area contributed by atoms with E-state index < -0.39 is 0 Å². The van der Waals surface area contributed by atoms with Gasteiger partial charge in [0.1, 0.15) is 17.3 Å². The lowest BCUT2D eigenvalue weighted by molar-refractivity contribution is 0.534. The van der Waals surface area contributed by atoms with Gasteiger partial charge in [-0.15, -0.1) is 0 Å². The average molecular weight is 270 g/mol. The Morgan fingerprint density at radius 3 is 2.65 bits per heavy atom. The van der Waals surface area contributed by atoms with Gasteiger partial charge in [0.25, 0.3) is 0 Å². The lowest BCUT2D eigenvalue weighted by atomic mass is 10.1. The minimum absolute atomic E-state index is 0.337. The van der Waals surface area contributed by atoms with E-state index in [1.807, 2.05) is 18.3 Å². The van der Waals surface area contributed by atoms with Gasteiger partial charge in [-0.2, -0.15) is 0 Å². The van der Waals surface area contributed by atoms with E-state index in [0.717, 1.165) is 22.9 Å². The van der Waals surface area contributed by atoms with Crippen LogP contribution in [0.5, 0.6) is 0 Å². The molecule has 4 nitrogen and oxygen atoms in total. The minimum atomic E-state index is 0.337. The number of hydrogen-bond acceptors (Lipinski definition) is 3. The maximum Gasteiger partial charge on any atom is 0.132 e. The number of anilines is 1. The van der Waals surface area contributed by atoms with E-state index in [2.05, 4.69) is 23.4 Å². The van der Waals surface area contributed by atoms with Crippen LogP contribution in [0, 0.1) is 0 Å². The Morgan fingerprint density at radius 1 is 1.30 bits per heavy atom. The Balaban J connectivity index is 2.10. The Kier molecular flexibility index (Phi) is 3.47. The first-order valence-corrected chi connectivity index (χ1v) is 7.46. The van der Waals surface area contributed by atoms with Crippen molar-refractivity contribution >= 4 is 5.82 Å². The molecule has 1 saturated carbocycles. The van der Waals surface area contributed by atoms with Crippen LogP contribution < -0.4 is 5.73 Å². The second-order valence-electron chi connectivity index (χ2n) is 5.89. The summed E-state index contributed by atoms with van der Waals surface area (Å²) in [7, 11) is 0. The lowest BCUT2D eigenvalue weighted by Gasteiger charge is -2.17. The number of nitrogens with two attached hydrogens (primary N) is 1. The maximum atomic E-state index is 6.38. The van der Waals surface area contributed by atoms with Crippen LogP contribution in [0.15, 0.2) is 24.5 Å². The van der Waals surface area contributed by atoms with E-state index in [0.29, 0.717) is 12.0 Å². The predicted octanol–water partition coefficient (Wildman–Crippen LogP) is 3.77. The quantitative estimate of drug-likeness (QED) is 0.923. The van der Waals surface area contributed by atoms with Gasteiger partial charge in [-0.05, 0) is 38.8 Å². The van der Waals surface area contributed by atoms with Gasteiger partial charge in [0.05, 0.1) is 0 Å². The smallest absolute Gasteiger partial charge is 0.132 e. The maximum absolute atomic E-state index is 6.38. The number of nitrogens with zero attached hydrogens (tertiary/aromatic N) is 3. The van der Waals surface area contributed by atoms with Crippen LogP contribution in [0.4, 0.5) is 5.82 Å². The topological polar surface area (TPSA) is 56.7 Å². The highest BCUT2D eigenvalue weighted by molar-refractivity contribution is 5.70. The summed E-state index contributed by atoms with van der Waals surface area (Å²) in [6, 6.07) is 4.29. The van der Waals surface area contributed by atoms with Crippen molar-refractivity contribution in [2.45, 2.75) is 51.5 Å². The molecule has 0 amide bonds. The molecule has 0 atom stereocenters. The van der Waals surface area contributed by atoms with Gasteiger partial charge in [0.15, 0.2) is 0 Å². The molecule has 1 aliphatic rings. The van der Waals surface area contributed by atoms with Crippen molar-refractivity contribution in [1.29, 1.82) is 0 Å². The number of pyridine rings is 1. The third kappa shape index (κ3) is 2.19. The van der Waals surface area contributed by atoms with Gasteiger partial charge in [-0.3, -0.25) is 4.98 Å². The summed E-state index contributed by atoms with van der Waals surface area (Å²) in [5.74, 6) is 2.49. The fourth-order valence-electron chi connectivity index (χ4n) is 3.19. The summed E-state index contributed by atoms with van der Waals surface area (Å²) in [4.78, 5) is 9.06. The zero-order chi connectivity index (χ0) is 14.1. The highest BCUT2D eigenvalue weighted by atomic mass is 15.2. The van der Waals surface area contributed by atoms with Crippen molar-refractivity contribution in [3.05, 3.63) is 30.4 Å². The van der Waals surface area contributed by atoms with E-state index in [1.165, 1.54) is 25.7 Å². The minimum Gasteiger partial charge on any atom is -0.383 e. The summed E-state index contributed by atoms with van der Waals surface area (Å²) in [6.45, 7) is 4.34. The summed E-state index contributed by atoms with van der Waals surface area (Å²) in [6.07, 6.45) is 8.68. The van der Waals surface area contributed by atoms with Gasteiger partial charge in [0, 0.05) is 29.9 Å². The third-order valence-corrected chi connectivity index (χ3v) is 4.15. The molecule has 0 unspecified atom stereocenters. The van der Waals surface area contributed by atoms with Gasteiger partial charge >= 0.3 is 0 Å². The van der Waals surface area contributed by atoms with E-state index in [1.54, 1.807) is 6.20 Å². The number of nitrogen functional groups attached to an aromatic ring is 1. The summed E-state index contributed by atoms with van der Waals surface area (Å²) < 4.78 is 2.21. The van der Waals surface area contributed by atoms with Gasteiger partial charge in [0.2, 0.25) is 0 Å². The molecule has 1 aliphatic carbocycles. The number of aromatic nitrogens is 3. The van der Waals surface area contributed by atoms with E-state index in [-0.39, 0.29) is 0 Å². The van der Waals surface area contributed by atoms with Crippen LogP contribution in [0.3, 0.4) is 0 Å². The van der Waals surface area contributed by atoms with Crippen LogP contribution in [-0.2, 0) is 0 Å². The lowest BCUT2D eigenvalue weighted by Crippen LogP contribution is -2.11. The molecule has 0 saturated heterocycles. The molecule has 0 spiro atoms. The summed E-state index contributed by atoms with van der Waals surface area (Å²) >= 11 is 0. The summed E-state index contributed by atoms with van der Waals surface area (Å²) in [5.41, 5.74) is 8.26. The summed E-state index contributed by atoms with van der Waals surface area (Å²) in [5, 5.41) is 0. The second-order valence-corrected chi connectivity index (χ2v) is 5.89. The molecule has 2 N–H and O–H groups in total. The zero-order valence-electron chi connectivity index (χ0n) is 12.2. The first kappa shape index (κ1) is 13.2. The Labute approximate surface area is 120 Å². The SMILES string of the molecule is CC(C)n1c(C2CCCC2)nc(-c2cccnc2)c1N. The average Bonchev–Trinajstić information content (AvgIpc) is 3.06. The first-order valence-electron chi connectivity index (χ1n) is 7.46. The van der Waals surface area contributed by atoms with Crippen molar-refractivity contribution in [2.24, 2.45) is 0 Å². The van der Waals surface area contributed by atoms with E-state index in [4.69, 9.17) is 10.7 Å². The van der Waals surface area contributed by atoms with Gasteiger partial charge in [-0.1, -0.05) is 12.8 Å². The highest BCUT2D eigenvalue weighted by Gasteiger charge is 2.26. The van der Waals surface area contributed by atoms with Crippen molar-refractivity contribution in [3.63, 3.8) is 0 Å². The molecule has 20 heavy (non-hydrogen) atoms. The van der Waals surface area contributed by atoms with E-state index >= 15 is 0 Å². The Bertz CT molecular complexity index is 580. The molecule has 3 rings (SSSR count). The highest BCUT2D eigenvalue weighted by Crippen LogP contribution is 2.38. The normalized spacial score (nSPS) is 16.1. The number of rotatable bonds is 3. The third-order valence-electron chi connectivity index (χ3n) is 4.15. The Morgan fingerprint density at radius 2 is 2.05 bits per heavy atom. The van der Waals surface area contributed by atoms with Crippen LogP contribution in [0.25, 0.3) is 11.3 Å². The fourth-order valence-corrected chi connectivity index (χ4v) is 3.19. The van der Waals surface area contributed by atoms with E-state index in [9.17, 15) is 0 Å². The fraction of sp³-hybridized carbons (Fsp3) is 0.500. The largest absolute Gasteiger partial charge is 0.383 e. The van der Waals surface area contributed by atoms with Gasteiger partial charge < -0.3 is 10.3 Å². The number of hydrogen-bond donors (Lipinski definition) is 1. The molecule has 4 heteroatoms. The van der Waals surface area contributed by atoms with Gasteiger partial charge in [-0.25, -0.2) is 4.98 Å². The molecule has 106 valence electrons. The molecular formula is C16H22N4. The molecule has 2 aromatic heterocycles. The standard InChI is InChI=1S/C16H22N4/c1-11(2)20-15(17)14(13-8-5-9-18-10-13)19-16(20)12-6-3-4-7-12/h5,8-12H,3-4,6-7,17H2,1-2H3. The zero-order valence-corrected chi connectivity index (χ0v) is 12.2. The molecule has 1 fully saturated rings. The van der Waals surface area contributed by atoms with Crippen LogP contribution in [-0.4, -0.2) is 14.5 Å². The molecule has 0 bridgehead atoms. The predicted molar refractivity (Wildman–Crippen MR) is 81.5 cm³/mol. The van der Waals surface area contributed by atoms with Crippen molar-refractivity contribution < 1.29 is 0 Å².